The van der Waals surface area contributed by atoms with E-state index in [9.17, 15) is 187 Å². The fraction of sp³-hybridized carbons (Fsp3) is 0.939. The molecular formula is C82H139N5O59. The Balaban J connectivity index is 1.02. The Morgan fingerprint density at radius 2 is 0.534 bits per heavy atom. The van der Waals surface area contributed by atoms with Gasteiger partial charge < -0.3 is 294 Å². The van der Waals surface area contributed by atoms with Gasteiger partial charge in [0.25, 0.3) is 0 Å². The van der Waals surface area contributed by atoms with Gasteiger partial charge in [0, 0.05) is 34.6 Å². The van der Waals surface area contributed by atoms with Crippen LogP contribution in [0, 0.1) is 0 Å². The van der Waals surface area contributed by atoms with E-state index in [0.717, 1.165) is 34.6 Å². The number of carbonyl (C=O) groups is 5. The lowest BCUT2D eigenvalue weighted by atomic mass is 9.93. The van der Waals surface area contributed by atoms with Crippen LogP contribution >= 0.6 is 0 Å². The predicted octanol–water partition coefficient (Wildman–Crippen LogP) is -24.7. The zero-order valence-electron chi connectivity index (χ0n) is 79.2. The van der Waals surface area contributed by atoms with Crippen LogP contribution in [0.1, 0.15) is 48.5 Å². The van der Waals surface area contributed by atoms with Crippen LogP contribution in [0.5, 0.6) is 0 Å². The average Bonchev–Trinajstić information content (AvgIpc) is 0.743. The van der Waals surface area contributed by atoms with Gasteiger partial charge in [-0.25, -0.2) is 0 Å². The molecule has 11 aliphatic heterocycles. The molecule has 0 aromatic rings. The van der Waals surface area contributed by atoms with Crippen LogP contribution in [0.2, 0.25) is 0 Å². The molecule has 11 rings (SSSR count). The first-order valence-electron chi connectivity index (χ1n) is 46.8. The quantitative estimate of drug-likeness (QED) is 0.0270. The minimum absolute atomic E-state index is 0.844. The third-order valence-corrected chi connectivity index (χ3v) is 26.7. The Morgan fingerprint density at radius 3 is 0.932 bits per heavy atom. The molecule has 846 valence electrons. The van der Waals surface area contributed by atoms with Crippen molar-refractivity contribution in [2.75, 3.05) is 72.7 Å². The number of rotatable bonds is 41. The summed E-state index contributed by atoms with van der Waals surface area (Å²) >= 11 is 0. The molecule has 11 saturated heterocycles. The monoisotopic (exact) mass is 2140 g/mol. The molecule has 0 aromatic carbocycles. The summed E-state index contributed by atoms with van der Waals surface area (Å²) < 4.78 is 134. The van der Waals surface area contributed by atoms with E-state index in [2.05, 4.69) is 26.6 Å². The van der Waals surface area contributed by atoms with Crippen molar-refractivity contribution in [3.63, 3.8) is 0 Å². The maximum absolute atomic E-state index is 13.6. The Hall–Kier alpha value is -4.81. The van der Waals surface area contributed by atoms with Crippen molar-refractivity contribution in [2.24, 2.45) is 0 Å². The van der Waals surface area contributed by atoms with Crippen molar-refractivity contribution in [1.29, 1.82) is 0 Å². The molecule has 0 aliphatic carbocycles. The molecule has 0 saturated carbocycles. The van der Waals surface area contributed by atoms with E-state index < -0.39 is 464 Å². The van der Waals surface area contributed by atoms with Crippen LogP contribution in [0.15, 0.2) is 0 Å². The fourth-order valence-corrected chi connectivity index (χ4v) is 18.7. The van der Waals surface area contributed by atoms with Crippen molar-refractivity contribution in [2.45, 2.75) is 410 Å². The summed E-state index contributed by atoms with van der Waals surface area (Å²) in [6.07, 6.45) is -119. The third kappa shape index (κ3) is 27.4. The lowest BCUT2D eigenvalue weighted by Crippen LogP contribution is -2.71. The molecule has 0 spiro atoms. The highest BCUT2D eigenvalue weighted by Crippen LogP contribution is 2.43. The van der Waals surface area contributed by atoms with Crippen LogP contribution in [-0.4, -0.2) is 627 Å². The minimum atomic E-state index is -2.88. The lowest BCUT2D eigenvalue weighted by Gasteiger charge is -2.52. The molecule has 0 aromatic heterocycles. The van der Waals surface area contributed by atoms with Gasteiger partial charge in [0.15, 0.2) is 69.2 Å². The van der Waals surface area contributed by atoms with E-state index in [0.29, 0.717) is 0 Å². The van der Waals surface area contributed by atoms with Crippen molar-refractivity contribution >= 4 is 29.5 Å². The van der Waals surface area contributed by atoms with Crippen molar-refractivity contribution in [3.8, 4) is 0 Å². The topological polar surface area (TPSA) is 996 Å². The first kappa shape index (κ1) is 121. The highest BCUT2D eigenvalue weighted by molar-refractivity contribution is 5.75. The zero-order chi connectivity index (χ0) is 108. The minimum Gasteiger partial charge on any atom is -0.394 e. The van der Waals surface area contributed by atoms with Gasteiger partial charge in [-0.3, -0.25) is 24.0 Å². The molecule has 11 heterocycles. The van der Waals surface area contributed by atoms with Crippen LogP contribution in [0.4, 0.5) is 0 Å². The molecule has 5 amide bonds. The summed E-state index contributed by atoms with van der Waals surface area (Å²) in [6, 6.07) is -10.4. The predicted molar refractivity (Wildman–Crippen MR) is 452 cm³/mol. The second kappa shape index (κ2) is 53.6. The number of hydrogen-bond donors (Lipinski definition) is 37. The fourth-order valence-electron chi connectivity index (χ4n) is 18.7. The molecule has 0 unspecified atom stereocenters. The van der Waals surface area contributed by atoms with E-state index in [1.54, 1.807) is 0 Å². The lowest BCUT2D eigenvalue weighted by molar-refractivity contribution is -0.409. The van der Waals surface area contributed by atoms with Gasteiger partial charge in [-0.1, -0.05) is 0 Å². The number of aliphatic hydroxyl groups excluding tert-OH is 32. The van der Waals surface area contributed by atoms with Gasteiger partial charge in [-0.05, 0) is 13.8 Å². The van der Waals surface area contributed by atoms with E-state index in [1.165, 1.54) is 13.8 Å². The molecule has 11 aliphatic rings. The summed E-state index contributed by atoms with van der Waals surface area (Å²) in [7, 11) is 0. The average molecular weight is 2140 g/mol. The van der Waals surface area contributed by atoms with Gasteiger partial charge in [-0.2, -0.15) is 0 Å². The number of nitrogens with one attached hydrogen (secondary N) is 5. The number of aliphatic hydroxyl groups is 32. The Kier molecular flexibility index (Phi) is 44.5. The normalized spacial score (nSPS) is 47.5. The summed E-state index contributed by atoms with van der Waals surface area (Å²) in [4.78, 5) is 66.2. The number of ether oxygens (including phenoxy) is 22. The molecule has 64 nitrogen and oxygen atoms in total. The summed E-state index contributed by atoms with van der Waals surface area (Å²) in [6.45, 7) is -6.73. The van der Waals surface area contributed by atoms with Gasteiger partial charge in [-0.15, -0.1) is 0 Å². The maximum Gasteiger partial charge on any atom is 0.217 e. The summed E-state index contributed by atoms with van der Waals surface area (Å²) in [5, 5.41) is 375. The molecule has 64 heteroatoms. The van der Waals surface area contributed by atoms with Gasteiger partial charge in [0.05, 0.1) is 90.9 Å². The zero-order valence-corrected chi connectivity index (χ0v) is 79.2. The van der Waals surface area contributed by atoms with Gasteiger partial charge in [0.2, 0.25) is 29.5 Å². The Labute approximate surface area is 828 Å². The molecule has 59 atom stereocenters. The van der Waals surface area contributed by atoms with Gasteiger partial charge in [0.1, 0.15) is 274 Å². The van der Waals surface area contributed by atoms with Crippen LogP contribution in [-0.2, 0) is 128 Å². The second-order valence-electron chi connectivity index (χ2n) is 37.1. The number of amides is 5. The van der Waals surface area contributed by atoms with E-state index >= 15 is 0 Å². The Morgan fingerprint density at radius 1 is 0.253 bits per heavy atom. The molecule has 146 heavy (non-hydrogen) atoms. The standard InChI is InChI=1S/C82H139N5O59/c1-19-41(103)53(115)59(121)76(127-19)125-17-27(102)63(43(105)26(8-88)83-21(3)97)138-73-38(85-23(5)99)50(112)65(34(15-95)134-73)140-79-62(124)68(143-82-70(57(119)47(109)32(13-93)133-82)145-75-39(86-24(6)100)51(113)64(33(14-94)135-75)139-78-61(123)55(117)45(107)29(10-90)130-78)67(142-72-37(84-22(4)98)49(111)44(106)28(9-89)129-72)36(137-79)18-126-80-69(56(118)46(108)30(11-91)131-80)144-74-40(87-25(7)101)52(114)66(35(16-96)136-74)141-81-71(58(120)48(110)31(12-92)132-81)146-77-60(122)54(116)42(104)20(2)128-77/h19-20,26-82,88-96,102-124H,8-18H2,1-7H3,(H,83,97)(H,84,98)(H,85,99)(H,86,100)(H,87,101)/t19-,20-,26-,27+,28+,29+,30+,31+,32+,33+,34+,35+,36+,37+,38+,39+,40+,41+,42+,43+,44+,45-,46+,47+,48-,49+,50+,51+,52+,53+,54+,55-,56-,57-,58-,59-,60-,61+,62-,63+,64+,65+,66+,67+,68+,69-,70-,71+,72-,73-,74-,75-,76+,77-,78-,79-,80-,81-,82+/m0/s1. The third-order valence-electron chi connectivity index (χ3n) is 26.7. The van der Waals surface area contributed by atoms with Crippen LogP contribution in [0.3, 0.4) is 0 Å². The van der Waals surface area contributed by atoms with E-state index in [1.807, 2.05) is 0 Å². The van der Waals surface area contributed by atoms with Crippen LogP contribution in [0.25, 0.3) is 0 Å². The second-order valence-corrected chi connectivity index (χ2v) is 37.1. The highest BCUT2D eigenvalue weighted by atomic mass is 16.8. The van der Waals surface area contributed by atoms with E-state index in [4.69, 9.17) is 104 Å². The van der Waals surface area contributed by atoms with Crippen LogP contribution < -0.4 is 26.6 Å². The molecule has 0 radical (unpaired) electrons. The molecule has 37 N–H and O–H groups in total. The highest BCUT2D eigenvalue weighted by Gasteiger charge is 2.64. The SMILES string of the molecule is CC(=O)N[C@H]1[C@H](O[C@@H]([C@H](O)[C@H](CO)NC(C)=O)[C@H](O)CO[C@@H]2O[C@@H](C)[C@@H](O)[C@@H](O)[C@@H]2O)O[C@H](CO)[C@@H](O[C@@H]2O[C@H](CO[C@H]3O[C@H](CO)[C@@H](O)[C@H](O)[C@@H]3O[C@@H]3O[C@H](CO)[C@@H](O[C@@H]4O[C@H](CO)[C@H](O)[C@H](O)[C@H]4O[C@@H]4O[C@@H](C)[C@@H](O)[C@@H](O)[C@@H]4O)[C@H](O)[C@H]3NC(C)=O)[C@@H](O[C@@H]3O[C@H](CO)[C@@H](O)[C@H](O)[C@H]3NC(C)=O)[C@H](O[C@H]3O[C@H](CO)[C@@H](O)[C@H](O)[C@@H]3O[C@@H]3O[C@H](CO)[C@@H](O[C@@H]4O[C@H](CO)[C@H](O)[C@H](O)[C@H]4O)[C@H](O)[C@H]3NC(C)=O)[C@@H]2O)[C@@H]1O. The molecular weight excluding hydrogens is 2000 g/mol. The van der Waals surface area contributed by atoms with Crippen molar-refractivity contribution < 1.29 is 292 Å². The van der Waals surface area contributed by atoms with E-state index in [-0.39, 0.29) is 0 Å². The van der Waals surface area contributed by atoms with Gasteiger partial charge >= 0.3 is 0 Å². The number of hydrogen-bond acceptors (Lipinski definition) is 59. The summed E-state index contributed by atoms with van der Waals surface area (Å²) in [5.41, 5.74) is 0. The summed E-state index contributed by atoms with van der Waals surface area (Å²) in [5.74, 6) is -5.19. The van der Waals surface area contributed by atoms with Crippen molar-refractivity contribution in [1.82, 2.24) is 26.6 Å². The molecule has 11 fully saturated rings. The first-order valence-corrected chi connectivity index (χ1v) is 46.8. The molecule has 0 bridgehead atoms. The smallest absolute Gasteiger partial charge is 0.217 e. The number of carbonyl (C=O) groups excluding carboxylic acids is 5. The Bertz CT molecular complexity index is 4040. The van der Waals surface area contributed by atoms with Crippen molar-refractivity contribution in [3.05, 3.63) is 0 Å². The largest absolute Gasteiger partial charge is 0.394 e. The first-order chi connectivity index (χ1) is 69.0. The maximum atomic E-state index is 13.6.